The van der Waals surface area contributed by atoms with Gasteiger partial charge in [-0.15, -0.1) is 0 Å². The summed E-state index contributed by atoms with van der Waals surface area (Å²) in [6.45, 7) is 0. The third-order valence-corrected chi connectivity index (χ3v) is 0. The molecule has 8 heavy (non-hydrogen) atoms. The molecule has 0 radical (unpaired) electrons. The summed E-state index contributed by atoms with van der Waals surface area (Å²) in [4.78, 5) is 0. The van der Waals surface area contributed by atoms with Crippen molar-refractivity contribution in [1.29, 1.82) is 0 Å². The van der Waals surface area contributed by atoms with Gasteiger partial charge >= 0.3 is 74.4 Å². The van der Waals surface area contributed by atoms with Gasteiger partial charge in [-0.05, 0) is 0 Å². The minimum absolute atomic E-state index is 0. The molecule has 0 unspecified atom stereocenters. The topological polar surface area (TPSA) is 71.4 Å². The molecular weight excluding hydrogens is 141 g/mol. The summed E-state index contributed by atoms with van der Waals surface area (Å²) in [6.07, 6.45) is 0. The molecule has 0 aromatic heterocycles. The third kappa shape index (κ3) is 84.3. The van der Waals surface area contributed by atoms with Gasteiger partial charge in [0.1, 0.15) is 0 Å². The Morgan fingerprint density at radius 1 is 0.625 bits per heavy atom. The average molecular weight is 154 g/mol. The van der Waals surface area contributed by atoms with Crippen LogP contribution in [0.15, 0.2) is 0 Å². The molecule has 0 saturated carbocycles. The van der Waals surface area contributed by atoms with Crippen molar-refractivity contribution >= 4 is 23.1 Å². The van der Waals surface area contributed by atoms with Crippen LogP contribution in [0.3, 0.4) is 0 Å². The van der Waals surface area contributed by atoms with Gasteiger partial charge in [-0.1, -0.05) is 0 Å². The first-order valence-electron chi connectivity index (χ1n) is 1.50. The second-order valence-electron chi connectivity index (χ2n) is 0. The maximum atomic E-state index is 5.75. The number of nitrogens with one attached hydrogen (secondary N) is 3. The molecule has 0 amide bonds. The molecule has 0 aliphatic rings. The van der Waals surface area contributed by atoms with Crippen molar-refractivity contribution in [1.82, 2.24) is 0 Å². The van der Waals surface area contributed by atoms with Crippen molar-refractivity contribution in [2.75, 3.05) is 21.1 Å². The minimum atomic E-state index is 0. The molecule has 0 aliphatic carbocycles. The molecule has 0 atom stereocenters. The molecule has 3 N–H and O–H groups in total. The third-order valence-electron chi connectivity index (χ3n) is 0. The standard InChI is InChI=1S/3CH4N.K.Mg/c3*1-2;;/h3*2H,1H3;;/q3*-1;+1;+2. The summed E-state index contributed by atoms with van der Waals surface area (Å²) in [5.41, 5.74) is 17.2. The summed E-state index contributed by atoms with van der Waals surface area (Å²) in [5, 5.41) is 0. The zero-order valence-corrected chi connectivity index (χ0v) is 10.7. The summed E-state index contributed by atoms with van der Waals surface area (Å²) < 4.78 is 0. The first kappa shape index (κ1) is 31.8. The molecule has 0 bridgehead atoms. The fourth-order valence-electron chi connectivity index (χ4n) is 0. The maximum absolute atomic E-state index is 5.75. The maximum Gasteiger partial charge on any atom is 2.00 e. The molecule has 0 aromatic carbocycles. The molecule has 42 valence electrons. The van der Waals surface area contributed by atoms with Gasteiger partial charge in [0, 0.05) is 0 Å². The molecule has 0 heterocycles. The van der Waals surface area contributed by atoms with E-state index < -0.39 is 0 Å². The average Bonchev–Trinajstić information content (AvgIpc) is 1.81. The largest absolute Gasteiger partial charge is 2.00 e. The van der Waals surface area contributed by atoms with Crippen LogP contribution >= 0.6 is 0 Å². The monoisotopic (exact) mass is 153 g/mol. The van der Waals surface area contributed by atoms with Crippen molar-refractivity contribution in [2.45, 2.75) is 0 Å². The van der Waals surface area contributed by atoms with Gasteiger partial charge in [-0.2, -0.15) is 21.1 Å². The van der Waals surface area contributed by atoms with Crippen molar-refractivity contribution < 1.29 is 51.4 Å². The van der Waals surface area contributed by atoms with E-state index in [4.69, 9.17) is 17.2 Å². The Balaban J connectivity index is -0.00000000500. The number of rotatable bonds is 0. The predicted molar refractivity (Wildman–Crippen MR) is 36.5 cm³/mol. The molecule has 5 heteroatoms. The zero-order chi connectivity index (χ0) is 6.00. The van der Waals surface area contributed by atoms with Gasteiger partial charge in [0.15, 0.2) is 0 Å². The summed E-state index contributed by atoms with van der Waals surface area (Å²) >= 11 is 0. The molecule has 0 fully saturated rings. The molecule has 0 aliphatic heterocycles. The van der Waals surface area contributed by atoms with Crippen LogP contribution in [-0.2, 0) is 0 Å². The van der Waals surface area contributed by atoms with Crippen molar-refractivity contribution in [3.8, 4) is 0 Å². The number of hydrogen-bond donors (Lipinski definition) is 0. The van der Waals surface area contributed by atoms with E-state index in [2.05, 4.69) is 0 Å². The Bertz CT molecular complexity index is 14.5. The smallest absolute Gasteiger partial charge is 0.680 e. The quantitative estimate of drug-likeness (QED) is 0.385. The molecule has 3 nitrogen and oxygen atoms in total. The van der Waals surface area contributed by atoms with E-state index in [-0.39, 0.29) is 74.4 Å². The van der Waals surface area contributed by atoms with Crippen LogP contribution in [0, 0.1) is 0 Å². The van der Waals surface area contributed by atoms with Crippen molar-refractivity contribution in [3.63, 3.8) is 0 Å². The van der Waals surface area contributed by atoms with Gasteiger partial charge in [0.25, 0.3) is 0 Å². The Kier molecular flexibility index (Phi) is 485. The zero-order valence-electron chi connectivity index (χ0n) is 6.21. The van der Waals surface area contributed by atoms with Crippen LogP contribution < -0.4 is 51.4 Å². The molecule has 0 saturated heterocycles. The van der Waals surface area contributed by atoms with Gasteiger partial charge in [-0.3, -0.25) is 0 Å². The van der Waals surface area contributed by atoms with Crippen LogP contribution in [0.1, 0.15) is 0 Å². The van der Waals surface area contributed by atoms with Crippen LogP contribution in [-0.4, -0.2) is 44.2 Å². The van der Waals surface area contributed by atoms with E-state index in [0.29, 0.717) is 0 Å². The van der Waals surface area contributed by atoms with E-state index in [1.165, 1.54) is 21.1 Å². The Labute approximate surface area is 111 Å². The van der Waals surface area contributed by atoms with Crippen LogP contribution in [0.4, 0.5) is 0 Å². The fraction of sp³-hybridized carbons (Fsp3) is 1.00. The Morgan fingerprint density at radius 3 is 0.625 bits per heavy atom. The van der Waals surface area contributed by atoms with Gasteiger partial charge in [0.2, 0.25) is 0 Å². The summed E-state index contributed by atoms with van der Waals surface area (Å²) in [5.74, 6) is 0. The second kappa shape index (κ2) is 122. The van der Waals surface area contributed by atoms with Gasteiger partial charge in [-0.25, -0.2) is 0 Å². The van der Waals surface area contributed by atoms with E-state index in [0.717, 1.165) is 0 Å². The SMILES string of the molecule is C[NH-].C[NH-].C[NH-].[K+].[Mg+2]. The van der Waals surface area contributed by atoms with Crippen molar-refractivity contribution in [2.24, 2.45) is 0 Å². The van der Waals surface area contributed by atoms with Gasteiger partial charge in [0.05, 0.1) is 0 Å². The predicted octanol–water partition coefficient (Wildman–Crippen LogP) is -1.37. The van der Waals surface area contributed by atoms with E-state index in [9.17, 15) is 0 Å². The van der Waals surface area contributed by atoms with Crippen LogP contribution in [0.2, 0.25) is 0 Å². The summed E-state index contributed by atoms with van der Waals surface area (Å²) in [6, 6.07) is 0. The first-order chi connectivity index (χ1) is 3.00. The molecule has 0 spiro atoms. The van der Waals surface area contributed by atoms with Gasteiger partial charge < -0.3 is 17.2 Å². The minimum Gasteiger partial charge on any atom is -0.680 e. The Hall–Kier alpha value is 2.28. The molecule has 0 aromatic rings. The van der Waals surface area contributed by atoms with E-state index in [1.54, 1.807) is 0 Å². The second-order valence-corrected chi connectivity index (χ2v) is 0. The molecular formula is C3H12KMgN3. The normalized spacial score (nSPS) is 2.25. The van der Waals surface area contributed by atoms with E-state index in [1.807, 2.05) is 0 Å². The first-order valence-corrected chi connectivity index (χ1v) is 1.50. The van der Waals surface area contributed by atoms with Crippen molar-refractivity contribution in [3.05, 3.63) is 17.2 Å². The fourth-order valence-corrected chi connectivity index (χ4v) is 0. The number of hydrogen-bond acceptors (Lipinski definition) is 0. The van der Waals surface area contributed by atoms with E-state index >= 15 is 0 Å². The molecule has 0 rings (SSSR count). The van der Waals surface area contributed by atoms with Crippen LogP contribution in [0.5, 0.6) is 0 Å². The summed E-state index contributed by atoms with van der Waals surface area (Å²) in [7, 11) is 3.75. The van der Waals surface area contributed by atoms with Crippen LogP contribution in [0.25, 0.3) is 17.2 Å². The Morgan fingerprint density at radius 2 is 0.625 bits per heavy atom.